The standard InChI is InChI=1S/C25H31F3N2O6/c1-3-35-22(23(31)32)16-18-4-10-21(11-5-18)36-15-13-30(12-14-34-17-25(2,27)28)24(33)29-20-8-6-19(26)7-9-20/h4-11,22H,3,12-17H2,1-2H3,(H,29,33)(H,31,32). The Bertz CT molecular complexity index is 952. The fraction of sp³-hybridized carbons (Fsp3) is 0.440. The van der Waals surface area contributed by atoms with Gasteiger partial charge in [-0.3, -0.25) is 0 Å². The molecule has 0 aliphatic heterocycles. The van der Waals surface area contributed by atoms with E-state index in [1.165, 1.54) is 29.2 Å². The van der Waals surface area contributed by atoms with Gasteiger partial charge in [-0.2, -0.15) is 0 Å². The van der Waals surface area contributed by atoms with Crippen LogP contribution < -0.4 is 10.1 Å². The molecule has 2 rings (SSSR count). The van der Waals surface area contributed by atoms with Crippen molar-refractivity contribution in [1.29, 1.82) is 0 Å². The molecule has 0 saturated carbocycles. The molecule has 11 heteroatoms. The first-order chi connectivity index (χ1) is 17.1. The third kappa shape index (κ3) is 11.0. The molecule has 2 aromatic carbocycles. The number of nitrogens with one attached hydrogen (secondary N) is 1. The van der Waals surface area contributed by atoms with E-state index in [1.807, 2.05) is 0 Å². The molecule has 198 valence electrons. The zero-order chi connectivity index (χ0) is 26.6. The molecule has 8 nitrogen and oxygen atoms in total. The van der Waals surface area contributed by atoms with Crippen molar-refractivity contribution in [2.75, 3.05) is 44.8 Å². The van der Waals surface area contributed by atoms with Gasteiger partial charge in [0, 0.05) is 32.2 Å². The number of ether oxygens (including phenoxy) is 3. The first kappa shape index (κ1) is 28.9. The topological polar surface area (TPSA) is 97.3 Å². The van der Waals surface area contributed by atoms with Crippen molar-refractivity contribution in [2.45, 2.75) is 32.3 Å². The minimum atomic E-state index is -2.98. The molecule has 1 unspecified atom stereocenters. The highest BCUT2D eigenvalue weighted by Gasteiger charge is 2.22. The third-order valence-corrected chi connectivity index (χ3v) is 4.86. The molecular formula is C25H31F3N2O6. The minimum Gasteiger partial charge on any atom is -0.492 e. The summed E-state index contributed by atoms with van der Waals surface area (Å²) < 4.78 is 55.0. The van der Waals surface area contributed by atoms with Crippen LogP contribution in [0.2, 0.25) is 0 Å². The van der Waals surface area contributed by atoms with E-state index in [0.717, 1.165) is 12.5 Å². The highest BCUT2D eigenvalue weighted by atomic mass is 19.3. The number of carboxylic acid groups (broad SMARTS) is 1. The molecule has 2 N–H and O–H groups in total. The predicted octanol–water partition coefficient (Wildman–Crippen LogP) is 4.44. The molecule has 36 heavy (non-hydrogen) atoms. The van der Waals surface area contributed by atoms with Crippen LogP contribution in [0.5, 0.6) is 5.75 Å². The maximum absolute atomic E-state index is 13.1. The molecular weight excluding hydrogens is 481 g/mol. The molecule has 0 saturated heterocycles. The van der Waals surface area contributed by atoms with Crippen molar-refractivity contribution < 1.29 is 42.1 Å². The van der Waals surface area contributed by atoms with Gasteiger partial charge in [0.05, 0.1) is 13.2 Å². The van der Waals surface area contributed by atoms with Crippen molar-refractivity contribution in [2.24, 2.45) is 0 Å². The van der Waals surface area contributed by atoms with Crippen LogP contribution in [0.3, 0.4) is 0 Å². The van der Waals surface area contributed by atoms with Gasteiger partial charge >= 0.3 is 12.0 Å². The number of hydrogen-bond donors (Lipinski definition) is 2. The Morgan fingerprint density at radius 3 is 2.28 bits per heavy atom. The Balaban J connectivity index is 1.92. The average molecular weight is 513 g/mol. The first-order valence-electron chi connectivity index (χ1n) is 11.4. The number of carbonyl (C=O) groups is 2. The summed E-state index contributed by atoms with van der Waals surface area (Å²) in [6.45, 7) is 2.11. The highest BCUT2D eigenvalue weighted by molar-refractivity contribution is 5.89. The van der Waals surface area contributed by atoms with Crippen LogP contribution in [0, 0.1) is 5.82 Å². The molecule has 0 heterocycles. The maximum Gasteiger partial charge on any atom is 0.333 e. The zero-order valence-electron chi connectivity index (χ0n) is 20.2. The van der Waals surface area contributed by atoms with E-state index < -0.39 is 36.5 Å². The number of anilines is 1. The number of hydrogen-bond acceptors (Lipinski definition) is 5. The van der Waals surface area contributed by atoms with E-state index in [-0.39, 0.29) is 39.3 Å². The monoisotopic (exact) mass is 512 g/mol. The molecule has 1 atom stereocenters. The van der Waals surface area contributed by atoms with Gasteiger partial charge in [-0.1, -0.05) is 12.1 Å². The van der Waals surface area contributed by atoms with Crippen LogP contribution in [0.4, 0.5) is 23.7 Å². The fourth-order valence-electron chi connectivity index (χ4n) is 3.11. The van der Waals surface area contributed by atoms with Gasteiger partial charge < -0.3 is 29.5 Å². The highest BCUT2D eigenvalue weighted by Crippen LogP contribution is 2.15. The van der Waals surface area contributed by atoms with E-state index in [4.69, 9.17) is 14.2 Å². The van der Waals surface area contributed by atoms with Gasteiger partial charge in [-0.25, -0.2) is 22.8 Å². The number of carboxylic acids is 1. The summed E-state index contributed by atoms with van der Waals surface area (Å²) in [5.74, 6) is -3.97. The molecule has 2 aromatic rings. The number of urea groups is 1. The Morgan fingerprint density at radius 1 is 1.06 bits per heavy atom. The number of amides is 2. The summed E-state index contributed by atoms with van der Waals surface area (Å²) in [7, 11) is 0. The summed E-state index contributed by atoms with van der Waals surface area (Å²) in [4.78, 5) is 25.3. The first-order valence-corrected chi connectivity index (χ1v) is 11.4. The number of rotatable bonds is 15. The summed E-state index contributed by atoms with van der Waals surface area (Å²) in [6.07, 6.45) is -0.734. The smallest absolute Gasteiger partial charge is 0.333 e. The van der Waals surface area contributed by atoms with Crippen LogP contribution in [0.15, 0.2) is 48.5 Å². The van der Waals surface area contributed by atoms with E-state index >= 15 is 0 Å². The van der Waals surface area contributed by atoms with Crippen molar-refractivity contribution in [3.05, 3.63) is 59.9 Å². The largest absolute Gasteiger partial charge is 0.492 e. The zero-order valence-corrected chi connectivity index (χ0v) is 20.2. The van der Waals surface area contributed by atoms with Gasteiger partial charge in [0.1, 0.15) is 24.8 Å². The number of benzene rings is 2. The Hall–Kier alpha value is -3.31. The Morgan fingerprint density at radius 2 is 1.69 bits per heavy atom. The molecule has 0 aliphatic rings. The van der Waals surface area contributed by atoms with E-state index in [2.05, 4.69) is 5.32 Å². The van der Waals surface area contributed by atoms with E-state index in [0.29, 0.717) is 11.4 Å². The van der Waals surface area contributed by atoms with Crippen LogP contribution in [-0.2, 0) is 20.7 Å². The molecule has 0 fully saturated rings. The number of aliphatic carboxylic acids is 1. The molecule has 0 aromatic heterocycles. The third-order valence-electron chi connectivity index (χ3n) is 4.86. The number of halogens is 3. The summed E-state index contributed by atoms with van der Waals surface area (Å²) in [5.41, 5.74) is 1.13. The van der Waals surface area contributed by atoms with Crippen molar-refractivity contribution >= 4 is 17.7 Å². The summed E-state index contributed by atoms with van der Waals surface area (Å²) in [5, 5.41) is 11.8. The van der Waals surface area contributed by atoms with Crippen LogP contribution in [0.25, 0.3) is 0 Å². The van der Waals surface area contributed by atoms with E-state index in [9.17, 15) is 27.9 Å². The van der Waals surface area contributed by atoms with Crippen LogP contribution in [-0.4, -0.2) is 73.6 Å². The van der Waals surface area contributed by atoms with Crippen molar-refractivity contribution in [1.82, 2.24) is 4.90 Å². The average Bonchev–Trinajstić information content (AvgIpc) is 2.82. The lowest BCUT2D eigenvalue weighted by atomic mass is 10.1. The fourth-order valence-corrected chi connectivity index (χ4v) is 3.11. The van der Waals surface area contributed by atoms with Crippen molar-refractivity contribution in [3.63, 3.8) is 0 Å². The SMILES string of the molecule is CCOC(Cc1ccc(OCCN(CCOCC(C)(F)F)C(=O)Nc2ccc(F)cc2)cc1)C(=O)O. The van der Waals surface area contributed by atoms with Crippen molar-refractivity contribution in [3.8, 4) is 5.75 Å². The minimum absolute atomic E-state index is 0.0272. The molecule has 2 amide bonds. The van der Waals surface area contributed by atoms with Gasteiger partial charge in [0.15, 0.2) is 6.10 Å². The number of carbonyl (C=O) groups excluding carboxylic acids is 1. The lowest BCUT2D eigenvalue weighted by Gasteiger charge is -2.23. The number of alkyl halides is 2. The normalized spacial score (nSPS) is 12.1. The summed E-state index contributed by atoms with van der Waals surface area (Å²) >= 11 is 0. The number of nitrogens with zero attached hydrogens (tertiary/aromatic N) is 1. The second-order valence-corrected chi connectivity index (χ2v) is 8.03. The van der Waals surface area contributed by atoms with Gasteiger partial charge in [0.2, 0.25) is 0 Å². The van der Waals surface area contributed by atoms with E-state index in [1.54, 1.807) is 31.2 Å². The summed E-state index contributed by atoms with van der Waals surface area (Å²) in [6, 6.07) is 11.5. The van der Waals surface area contributed by atoms with Gasteiger partial charge in [0.25, 0.3) is 5.92 Å². The molecule has 0 spiro atoms. The Labute approximate surface area is 207 Å². The second kappa shape index (κ2) is 14.3. The molecule has 0 radical (unpaired) electrons. The van der Waals surface area contributed by atoms with Crippen LogP contribution >= 0.6 is 0 Å². The van der Waals surface area contributed by atoms with Gasteiger partial charge in [-0.15, -0.1) is 0 Å². The molecule has 0 aliphatic carbocycles. The molecule has 0 bridgehead atoms. The lowest BCUT2D eigenvalue weighted by molar-refractivity contribution is -0.149. The Kier molecular flexibility index (Phi) is 11.5. The van der Waals surface area contributed by atoms with Crippen LogP contribution in [0.1, 0.15) is 19.4 Å². The van der Waals surface area contributed by atoms with Gasteiger partial charge in [-0.05, 0) is 48.9 Å². The lowest BCUT2D eigenvalue weighted by Crippen LogP contribution is -2.40. The maximum atomic E-state index is 13.1. The predicted molar refractivity (Wildman–Crippen MR) is 127 cm³/mol. The quantitative estimate of drug-likeness (QED) is 0.343. The second-order valence-electron chi connectivity index (χ2n) is 8.03.